The molecule has 0 aliphatic carbocycles. The molecule has 5 nitrogen and oxygen atoms in total. The summed E-state index contributed by atoms with van der Waals surface area (Å²) in [5, 5.41) is 2.64. The van der Waals surface area contributed by atoms with E-state index in [2.05, 4.69) is 5.32 Å². The largest absolute Gasteiger partial charge is 0.345 e. The third-order valence-corrected chi connectivity index (χ3v) is 2.21. The number of nitrogens with one attached hydrogen (secondary N) is 1. The molecule has 0 saturated heterocycles. The Hall–Kier alpha value is -1.10. The Morgan fingerprint density at radius 3 is 2.53 bits per heavy atom. The van der Waals surface area contributed by atoms with Gasteiger partial charge in [0.25, 0.3) is 0 Å². The van der Waals surface area contributed by atoms with Gasteiger partial charge in [-0.25, -0.2) is 0 Å². The molecular weight excluding hydrogens is 194 g/mol. The maximum absolute atomic E-state index is 11.6. The number of rotatable bonds is 6. The molecule has 88 valence electrons. The first-order chi connectivity index (χ1) is 7.02. The van der Waals surface area contributed by atoms with Crippen LogP contribution >= 0.6 is 0 Å². The predicted octanol–water partition coefficient (Wildman–Crippen LogP) is -0.292. The van der Waals surface area contributed by atoms with Gasteiger partial charge in [0.2, 0.25) is 11.8 Å². The first-order valence-corrected chi connectivity index (χ1v) is 5.27. The summed E-state index contributed by atoms with van der Waals surface area (Å²) in [6, 6.07) is -0.458. The third kappa shape index (κ3) is 5.37. The average molecular weight is 215 g/mol. The van der Waals surface area contributed by atoms with Crippen molar-refractivity contribution in [3.8, 4) is 0 Å². The molecule has 0 aromatic carbocycles. The summed E-state index contributed by atoms with van der Waals surface area (Å²) in [5.74, 6) is -0.190. The van der Waals surface area contributed by atoms with Crippen molar-refractivity contribution in [2.45, 2.75) is 32.7 Å². The van der Waals surface area contributed by atoms with Gasteiger partial charge in [0.05, 0.1) is 0 Å². The Balaban J connectivity index is 3.96. The summed E-state index contributed by atoms with van der Waals surface area (Å²) in [4.78, 5) is 24.4. The number of nitrogens with zero attached hydrogens (tertiary/aromatic N) is 1. The summed E-state index contributed by atoms with van der Waals surface area (Å²) in [6.45, 7) is 4.71. The molecule has 0 radical (unpaired) electrons. The summed E-state index contributed by atoms with van der Waals surface area (Å²) >= 11 is 0. The molecule has 0 aromatic heterocycles. The van der Waals surface area contributed by atoms with Gasteiger partial charge in [0.1, 0.15) is 6.04 Å². The summed E-state index contributed by atoms with van der Waals surface area (Å²) in [6.07, 6.45) is 1.03. The van der Waals surface area contributed by atoms with Crippen LogP contribution in [0.1, 0.15) is 26.7 Å². The lowest BCUT2D eigenvalue weighted by Gasteiger charge is -2.20. The maximum atomic E-state index is 11.6. The highest BCUT2D eigenvalue weighted by atomic mass is 16.2. The normalized spacial score (nSPS) is 12.0. The molecule has 0 aliphatic heterocycles. The molecule has 1 unspecified atom stereocenters. The molecule has 0 spiro atoms. The molecule has 1 atom stereocenters. The average Bonchev–Trinajstić information content (AvgIpc) is 2.23. The van der Waals surface area contributed by atoms with Crippen LogP contribution in [0.3, 0.4) is 0 Å². The molecule has 3 N–H and O–H groups in total. The van der Waals surface area contributed by atoms with E-state index in [0.29, 0.717) is 25.9 Å². The monoisotopic (exact) mass is 215 g/mol. The van der Waals surface area contributed by atoms with E-state index in [-0.39, 0.29) is 11.8 Å². The molecule has 0 bridgehead atoms. The minimum Gasteiger partial charge on any atom is -0.345 e. The van der Waals surface area contributed by atoms with Gasteiger partial charge in [-0.2, -0.15) is 0 Å². The maximum Gasteiger partial charge on any atom is 0.244 e. The molecule has 15 heavy (non-hydrogen) atoms. The fraction of sp³-hybridized carbons (Fsp3) is 0.800. The number of nitrogens with two attached hydrogens (primary N) is 1. The van der Waals surface area contributed by atoms with Crippen LogP contribution in [0.25, 0.3) is 0 Å². The van der Waals surface area contributed by atoms with Gasteiger partial charge in [-0.15, -0.1) is 0 Å². The van der Waals surface area contributed by atoms with Gasteiger partial charge in [-0.3, -0.25) is 9.59 Å². The first-order valence-electron chi connectivity index (χ1n) is 5.27. The van der Waals surface area contributed by atoms with Crippen LogP contribution < -0.4 is 11.1 Å². The van der Waals surface area contributed by atoms with Crippen LogP contribution in [0.15, 0.2) is 0 Å². The quantitative estimate of drug-likeness (QED) is 0.639. The minimum absolute atomic E-state index is 0.0707. The summed E-state index contributed by atoms with van der Waals surface area (Å²) < 4.78 is 0. The molecule has 0 aliphatic rings. The number of hydrogen-bond acceptors (Lipinski definition) is 3. The molecule has 0 heterocycles. The lowest BCUT2D eigenvalue weighted by molar-refractivity contribution is -0.134. The molecular formula is C10H21N3O2. The molecule has 2 amide bonds. The lowest BCUT2D eigenvalue weighted by Crippen LogP contribution is -2.45. The van der Waals surface area contributed by atoms with Gasteiger partial charge in [0.15, 0.2) is 0 Å². The molecule has 0 rings (SSSR count). The van der Waals surface area contributed by atoms with Crippen molar-refractivity contribution in [2.75, 3.05) is 20.1 Å². The van der Waals surface area contributed by atoms with E-state index in [9.17, 15) is 9.59 Å². The second kappa shape index (κ2) is 7.23. The fourth-order valence-electron chi connectivity index (χ4n) is 1.12. The molecule has 0 aromatic rings. The minimum atomic E-state index is -0.458. The van der Waals surface area contributed by atoms with E-state index < -0.39 is 6.04 Å². The highest BCUT2D eigenvalue weighted by Crippen LogP contribution is 1.93. The van der Waals surface area contributed by atoms with Gasteiger partial charge in [0, 0.05) is 20.0 Å². The van der Waals surface area contributed by atoms with Crippen LogP contribution in [0, 0.1) is 0 Å². The van der Waals surface area contributed by atoms with Crippen molar-refractivity contribution in [1.29, 1.82) is 0 Å². The fourth-order valence-corrected chi connectivity index (χ4v) is 1.12. The molecule has 0 fully saturated rings. The highest BCUT2D eigenvalue weighted by Gasteiger charge is 2.17. The lowest BCUT2D eigenvalue weighted by atomic mass is 10.2. The summed E-state index contributed by atoms with van der Waals surface area (Å²) in [5.41, 5.74) is 5.28. The van der Waals surface area contributed by atoms with Crippen molar-refractivity contribution in [2.24, 2.45) is 5.73 Å². The number of amides is 2. The second-order valence-corrected chi connectivity index (χ2v) is 3.53. The van der Waals surface area contributed by atoms with E-state index >= 15 is 0 Å². The SMILES string of the molecule is CCN(C)C(=O)C(C)NC(=O)CCCN. The van der Waals surface area contributed by atoms with Gasteiger partial charge in [-0.05, 0) is 26.8 Å². The van der Waals surface area contributed by atoms with E-state index in [1.807, 2.05) is 6.92 Å². The second-order valence-electron chi connectivity index (χ2n) is 3.53. The zero-order valence-corrected chi connectivity index (χ0v) is 9.75. The van der Waals surface area contributed by atoms with Crippen LogP contribution in [0.5, 0.6) is 0 Å². The number of carbonyl (C=O) groups is 2. The zero-order valence-electron chi connectivity index (χ0n) is 9.75. The first kappa shape index (κ1) is 13.9. The van der Waals surface area contributed by atoms with Crippen molar-refractivity contribution in [1.82, 2.24) is 10.2 Å². The number of carbonyl (C=O) groups excluding carboxylic acids is 2. The van der Waals surface area contributed by atoms with Crippen molar-refractivity contribution < 1.29 is 9.59 Å². The van der Waals surface area contributed by atoms with E-state index in [4.69, 9.17) is 5.73 Å². The van der Waals surface area contributed by atoms with Crippen LogP contribution in [0.2, 0.25) is 0 Å². The Morgan fingerprint density at radius 2 is 2.07 bits per heavy atom. The van der Waals surface area contributed by atoms with Crippen molar-refractivity contribution in [3.63, 3.8) is 0 Å². The molecule has 0 saturated carbocycles. The Labute approximate surface area is 91.0 Å². The van der Waals surface area contributed by atoms with Crippen LogP contribution in [-0.2, 0) is 9.59 Å². The van der Waals surface area contributed by atoms with Crippen LogP contribution in [0.4, 0.5) is 0 Å². The van der Waals surface area contributed by atoms with E-state index in [1.165, 1.54) is 0 Å². The zero-order chi connectivity index (χ0) is 11.8. The van der Waals surface area contributed by atoms with Gasteiger partial charge >= 0.3 is 0 Å². The standard InChI is InChI=1S/C10H21N3O2/c1-4-13(3)10(15)8(2)12-9(14)6-5-7-11/h8H,4-7,11H2,1-3H3,(H,12,14). The van der Waals surface area contributed by atoms with E-state index in [0.717, 1.165) is 0 Å². The van der Waals surface area contributed by atoms with Gasteiger partial charge < -0.3 is 16.0 Å². The van der Waals surface area contributed by atoms with Crippen LogP contribution in [-0.4, -0.2) is 42.9 Å². The number of likely N-dealkylation sites (N-methyl/N-ethyl adjacent to an activating group) is 1. The van der Waals surface area contributed by atoms with Gasteiger partial charge in [-0.1, -0.05) is 0 Å². The Bertz CT molecular complexity index is 219. The highest BCUT2D eigenvalue weighted by molar-refractivity contribution is 5.87. The van der Waals surface area contributed by atoms with Crippen molar-refractivity contribution >= 4 is 11.8 Å². The predicted molar refractivity (Wildman–Crippen MR) is 59.2 cm³/mol. The smallest absolute Gasteiger partial charge is 0.244 e. The topological polar surface area (TPSA) is 75.4 Å². The van der Waals surface area contributed by atoms with Crippen molar-refractivity contribution in [3.05, 3.63) is 0 Å². The third-order valence-electron chi connectivity index (χ3n) is 2.21. The Kier molecular flexibility index (Phi) is 6.70. The molecule has 5 heteroatoms. The summed E-state index contributed by atoms with van der Waals surface area (Å²) in [7, 11) is 1.71. The Morgan fingerprint density at radius 1 is 1.47 bits per heavy atom. The number of hydrogen-bond donors (Lipinski definition) is 2. The van der Waals surface area contributed by atoms with E-state index in [1.54, 1.807) is 18.9 Å².